The number of benzene rings is 6. The maximum absolute atomic E-state index is 12.6. The van der Waals surface area contributed by atoms with Crippen LogP contribution in [-0.2, 0) is 63.2 Å². The van der Waals surface area contributed by atoms with Gasteiger partial charge in [-0.2, -0.15) is 57.1 Å². The first-order valence-electron chi connectivity index (χ1n) is 26.0. The molecule has 0 saturated carbocycles. The smallest absolute Gasteiger partial charge is 0.252 e. The van der Waals surface area contributed by atoms with Crippen LogP contribution in [0.25, 0.3) is 0 Å². The van der Waals surface area contributed by atoms with Crippen LogP contribution in [0.4, 0.5) is 83.4 Å². The number of aromatic nitrogens is 2. The maximum Gasteiger partial charge on any atom is 0.433 e. The highest BCUT2D eigenvalue weighted by Crippen LogP contribution is 2.33. The van der Waals surface area contributed by atoms with Crippen LogP contribution in [0.5, 0.6) is 0 Å². The summed E-state index contributed by atoms with van der Waals surface area (Å²) in [4.78, 5) is 6.64. The van der Waals surface area contributed by atoms with E-state index in [9.17, 15) is 83.4 Å². The first-order chi connectivity index (χ1) is 39.6. The molecule has 0 N–H and O–H groups in total. The van der Waals surface area contributed by atoms with E-state index < -0.39 is 76.3 Å². The first kappa shape index (κ1) is 75.3. The minimum atomic E-state index is -4.33. The van der Waals surface area contributed by atoms with Crippen molar-refractivity contribution in [3.05, 3.63) is 272 Å². The van der Waals surface area contributed by atoms with Gasteiger partial charge in [0, 0.05) is 18.5 Å². The van der Waals surface area contributed by atoms with Crippen molar-refractivity contribution in [1.29, 1.82) is 0 Å². The predicted molar refractivity (Wildman–Crippen MR) is 293 cm³/mol. The van der Waals surface area contributed by atoms with Crippen molar-refractivity contribution in [2.45, 2.75) is 119 Å². The first-order valence-corrected chi connectivity index (χ1v) is 26.0. The van der Waals surface area contributed by atoms with E-state index in [2.05, 4.69) is 9.97 Å². The zero-order chi connectivity index (χ0) is 64.7. The Morgan fingerprint density at radius 3 is 1.25 bits per heavy atom. The summed E-state index contributed by atoms with van der Waals surface area (Å²) in [5, 5.41) is 0. The number of halogens is 19. The van der Waals surface area contributed by atoms with Gasteiger partial charge in [-0.25, -0.2) is 31.3 Å². The average molecular weight is 1220 g/mol. The molecule has 0 fully saturated rings. The summed E-state index contributed by atoms with van der Waals surface area (Å²) in [5.41, 5.74) is 2.72. The SMILES string of the molecule is CCc1cc(F)cc(F)c1.CCc1cc(F)ccc1F.CCc1ccc(C(F)(F)F)cc1.CCc1cccc(C(F)(F)F)c1.CCc1cccc(F)c1F.CCc1ccccc1C(F)(F)F.Cc1ccc(C(F)(F)F)nc1.Cc1ccc(F)nc1. The molecule has 0 radical (unpaired) electrons. The van der Waals surface area contributed by atoms with E-state index in [-0.39, 0.29) is 11.6 Å². The molecule has 0 aliphatic heterocycles. The Hall–Kier alpha value is -7.71. The molecule has 0 spiro atoms. The van der Waals surface area contributed by atoms with Crippen molar-refractivity contribution < 1.29 is 83.4 Å². The fourth-order valence-electron chi connectivity index (χ4n) is 6.54. The summed E-state index contributed by atoms with van der Waals surface area (Å²) in [7, 11) is 0. The van der Waals surface area contributed by atoms with Crippen molar-refractivity contribution in [3.8, 4) is 0 Å². The monoisotopic (exact) mass is 1220 g/mol. The van der Waals surface area contributed by atoms with Gasteiger partial charge in [-0.15, -0.1) is 0 Å². The molecule has 8 aromatic rings. The van der Waals surface area contributed by atoms with Crippen LogP contribution in [0, 0.1) is 54.7 Å². The highest BCUT2D eigenvalue weighted by Gasteiger charge is 2.33. The predicted octanol–water partition coefficient (Wildman–Crippen LogP) is 21.3. The van der Waals surface area contributed by atoms with E-state index in [0.29, 0.717) is 59.9 Å². The molecule has 21 heteroatoms. The molecule has 0 saturated heterocycles. The minimum Gasteiger partial charge on any atom is -0.252 e. The fraction of sp³-hybridized carbons (Fsp3) is 0.281. The topological polar surface area (TPSA) is 25.8 Å². The molecule has 0 unspecified atom stereocenters. The summed E-state index contributed by atoms with van der Waals surface area (Å²) in [6.45, 7) is 14.4. The van der Waals surface area contributed by atoms with E-state index in [1.807, 2.05) is 27.7 Å². The van der Waals surface area contributed by atoms with E-state index >= 15 is 0 Å². The molecule has 6 aromatic carbocycles. The molecule has 2 heterocycles. The molecular weight excluding hydrogens is 1160 g/mol. The van der Waals surface area contributed by atoms with Crippen molar-refractivity contribution in [2.75, 3.05) is 0 Å². The van der Waals surface area contributed by atoms with Crippen LogP contribution < -0.4 is 0 Å². The van der Waals surface area contributed by atoms with E-state index in [1.165, 1.54) is 85.2 Å². The molecule has 0 bridgehead atoms. The fourth-order valence-corrected chi connectivity index (χ4v) is 6.54. The lowest BCUT2D eigenvalue weighted by atomic mass is 10.1. The summed E-state index contributed by atoms with van der Waals surface area (Å²) in [6.07, 6.45) is -10.8. The molecule has 462 valence electrons. The lowest BCUT2D eigenvalue weighted by Gasteiger charge is -2.10. The minimum absolute atomic E-state index is 0.330. The third-order valence-corrected chi connectivity index (χ3v) is 11.3. The zero-order valence-corrected chi connectivity index (χ0v) is 47.4. The highest BCUT2D eigenvalue weighted by molar-refractivity contribution is 5.30. The van der Waals surface area contributed by atoms with Crippen LogP contribution >= 0.6 is 0 Å². The number of nitrogens with zero attached hydrogens (tertiary/aromatic N) is 2. The van der Waals surface area contributed by atoms with Gasteiger partial charge in [-0.3, -0.25) is 4.98 Å². The highest BCUT2D eigenvalue weighted by atomic mass is 19.4. The molecule has 2 aromatic heterocycles. The van der Waals surface area contributed by atoms with Crippen LogP contribution in [0.2, 0.25) is 0 Å². The molecule has 0 atom stereocenters. The summed E-state index contributed by atoms with van der Waals surface area (Å²) < 4.78 is 231. The molecule has 8 rings (SSSR count). The van der Waals surface area contributed by atoms with Gasteiger partial charge in [0.15, 0.2) is 11.6 Å². The Labute approximate surface area is 482 Å². The Kier molecular flexibility index (Phi) is 32.7. The quantitative estimate of drug-likeness (QED) is 0.122. The number of alkyl halides is 12. The zero-order valence-electron chi connectivity index (χ0n) is 47.4. The Balaban J connectivity index is 0.000000487. The Morgan fingerprint density at radius 2 is 0.835 bits per heavy atom. The van der Waals surface area contributed by atoms with E-state index in [0.717, 1.165) is 77.7 Å². The lowest BCUT2D eigenvalue weighted by Crippen LogP contribution is -2.08. The second-order valence-corrected chi connectivity index (χ2v) is 17.8. The van der Waals surface area contributed by atoms with Gasteiger partial charge in [0.1, 0.15) is 29.0 Å². The third kappa shape index (κ3) is 30.1. The average Bonchev–Trinajstić information content (AvgIpc) is 3.58. The largest absolute Gasteiger partial charge is 0.433 e. The van der Waals surface area contributed by atoms with Crippen molar-refractivity contribution in [2.24, 2.45) is 0 Å². The second kappa shape index (κ2) is 36.9. The number of aryl methyl sites for hydroxylation is 8. The van der Waals surface area contributed by atoms with Crippen molar-refractivity contribution in [1.82, 2.24) is 9.97 Å². The summed E-state index contributed by atoms with van der Waals surface area (Å²) in [5.74, 6) is -3.61. The molecule has 0 aliphatic carbocycles. The van der Waals surface area contributed by atoms with E-state index in [1.54, 1.807) is 52.0 Å². The number of hydrogen-bond acceptors (Lipinski definition) is 2. The van der Waals surface area contributed by atoms with Gasteiger partial charge in [0.2, 0.25) is 5.95 Å². The molecule has 0 aliphatic rings. The number of hydrogen-bond donors (Lipinski definition) is 0. The normalized spacial score (nSPS) is 10.8. The summed E-state index contributed by atoms with van der Waals surface area (Å²) in [6, 6.07) is 32.9. The Bertz CT molecular complexity index is 3110. The Morgan fingerprint density at radius 1 is 0.329 bits per heavy atom. The van der Waals surface area contributed by atoms with Crippen molar-refractivity contribution in [3.63, 3.8) is 0 Å². The van der Waals surface area contributed by atoms with Gasteiger partial charge in [-0.1, -0.05) is 114 Å². The van der Waals surface area contributed by atoms with Crippen LogP contribution in [0.15, 0.2) is 164 Å². The van der Waals surface area contributed by atoms with E-state index in [4.69, 9.17) is 0 Å². The van der Waals surface area contributed by atoms with Gasteiger partial charge >= 0.3 is 24.7 Å². The number of pyridine rings is 2. The molecular formula is C64H63F19N2. The molecule has 0 amide bonds. The van der Waals surface area contributed by atoms with Crippen molar-refractivity contribution >= 4 is 0 Å². The van der Waals surface area contributed by atoms with Gasteiger partial charge in [0.25, 0.3) is 0 Å². The van der Waals surface area contributed by atoms with Gasteiger partial charge in [0.05, 0.1) is 16.7 Å². The second-order valence-electron chi connectivity index (χ2n) is 17.8. The van der Waals surface area contributed by atoms with Gasteiger partial charge < -0.3 is 0 Å². The van der Waals surface area contributed by atoms with Crippen LogP contribution in [0.1, 0.15) is 108 Å². The lowest BCUT2D eigenvalue weighted by molar-refractivity contribution is -0.141. The standard InChI is InChI=1S/3C9H9F3.3C8H8F2.C7H6F3N.C6H6FN/c1-2-7-3-5-8(6-4-7)9(10,11)12;1-2-7-4-3-5-8(6-7)9(10,11)12;1-2-7-5-3-4-6-8(7)9(10,11)12;1-2-6-3-7(9)5-8(10)4-6;1-2-6-5-7(9)3-4-8(6)10;1-2-6-4-3-5-7(9)8(6)10;1-5-2-3-6(11-4-5)7(8,9)10;1-5-2-3-6(7)8-4-5/h3*3-6H,2H2,1H3;3*3-5H,2H2,1H3;2-4H,1H3;2-4H,1H3. The summed E-state index contributed by atoms with van der Waals surface area (Å²) >= 11 is 0. The maximum atomic E-state index is 12.6. The van der Waals surface area contributed by atoms with Crippen LogP contribution in [-0.4, -0.2) is 9.97 Å². The third-order valence-electron chi connectivity index (χ3n) is 11.3. The van der Waals surface area contributed by atoms with Gasteiger partial charge in [-0.05, 0) is 170 Å². The van der Waals surface area contributed by atoms with Crippen LogP contribution in [0.3, 0.4) is 0 Å². The molecule has 85 heavy (non-hydrogen) atoms. The molecule has 2 nitrogen and oxygen atoms in total. The number of rotatable bonds is 6.